The molecule has 1 heterocycles. The van der Waals surface area contributed by atoms with E-state index in [4.69, 9.17) is 11.6 Å². The van der Waals surface area contributed by atoms with Gasteiger partial charge in [-0.15, -0.1) is 0 Å². The van der Waals surface area contributed by atoms with Crippen molar-refractivity contribution in [1.29, 1.82) is 0 Å². The fraction of sp³-hybridized carbons (Fsp3) is 0.0625. The molecule has 0 bridgehead atoms. The summed E-state index contributed by atoms with van der Waals surface area (Å²) in [7, 11) is 0. The van der Waals surface area contributed by atoms with Gasteiger partial charge >= 0.3 is 131 Å². The van der Waals surface area contributed by atoms with Gasteiger partial charge in [0, 0.05) is 0 Å². The molecule has 0 spiro atoms. The molecule has 0 fully saturated rings. The first-order chi connectivity index (χ1) is 9.27. The summed E-state index contributed by atoms with van der Waals surface area (Å²) in [6, 6.07) is 20.9. The third-order valence-electron chi connectivity index (χ3n) is 3.19. The summed E-state index contributed by atoms with van der Waals surface area (Å²) < 4.78 is 2.30. The molecule has 1 unspecified atom stereocenters. The van der Waals surface area contributed by atoms with Gasteiger partial charge in [-0.1, -0.05) is 0 Å². The van der Waals surface area contributed by atoms with Crippen LogP contribution in [0.5, 0.6) is 0 Å². The Morgan fingerprint density at radius 1 is 0.895 bits per heavy atom. The van der Waals surface area contributed by atoms with Gasteiger partial charge in [-0.3, -0.25) is 0 Å². The number of hydrogen-bond donors (Lipinski definition) is 0. The van der Waals surface area contributed by atoms with E-state index in [1.54, 1.807) is 0 Å². The van der Waals surface area contributed by atoms with Crippen LogP contribution in [0.2, 0.25) is 0 Å². The number of rotatable bonds is 2. The summed E-state index contributed by atoms with van der Waals surface area (Å²) in [6.07, 6.45) is 2.10. The Labute approximate surface area is 130 Å². The van der Waals surface area contributed by atoms with E-state index in [2.05, 4.69) is 65.4 Å². The molecule has 0 N–H and O–H groups in total. The van der Waals surface area contributed by atoms with Crippen molar-refractivity contribution in [2.45, 2.75) is 3.39 Å². The molecule has 1 atom stereocenters. The van der Waals surface area contributed by atoms with Crippen molar-refractivity contribution in [3.8, 4) is 5.69 Å². The molecule has 3 heteroatoms. The van der Waals surface area contributed by atoms with E-state index in [-0.39, 0.29) is 3.39 Å². The summed E-state index contributed by atoms with van der Waals surface area (Å²) in [5.74, 6) is 0. The second-order valence-corrected chi connectivity index (χ2v) is 7.49. The van der Waals surface area contributed by atoms with Crippen molar-refractivity contribution in [1.82, 2.24) is 0 Å². The fourth-order valence-electron chi connectivity index (χ4n) is 2.29. The second-order valence-electron chi connectivity index (χ2n) is 4.36. The fourth-order valence-corrected chi connectivity index (χ4v) is 3.20. The van der Waals surface area contributed by atoms with Gasteiger partial charge in [-0.05, 0) is 0 Å². The Morgan fingerprint density at radius 2 is 1.58 bits per heavy atom. The Kier molecular flexibility index (Phi) is 3.76. The molecular weight excluding hydrogens is 360 g/mol. The molecule has 3 aromatic rings. The van der Waals surface area contributed by atoms with Crippen molar-refractivity contribution < 1.29 is 4.57 Å². The molecule has 0 aliphatic heterocycles. The van der Waals surface area contributed by atoms with E-state index in [0.29, 0.717) is 0 Å². The monoisotopic (exact) mass is 373 g/mol. The van der Waals surface area contributed by atoms with Crippen molar-refractivity contribution in [3.63, 3.8) is 0 Å². The number of halogens is 1. The van der Waals surface area contributed by atoms with E-state index in [9.17, 15) is 0 Å². The number of benzene rings is 2. The molecule has 3 radical (unpaired) electrons. The van der Waals surface area contributed by atoms with Gasteiger partial charge in [0.25, 0.3) is 0 Å². The standard InChI is InChI=1S/C16H12ClN.Sn/c17-12-13-10-11-18(14-6-2-1-3-7-14)16-9-5-4-8-15(13)16;/h1-12H;/q+1;. The van der Waals surface area contributed by atoms with Crippen molar-refractivity contribution in [2.75, 3.05) is 0 Å². The van der Waals surface area contributed by atoms with E-state index in [1.165, 1.54) is 44.7 Å². The molecule has 2 aromatic carbocycles. The molecule has 0 aliphatic carbocycles. The van der Waals surface area contributed by atoms with E-state index in [0.717, 1.165) is 0 Å². The minimum atomic E-state index is 0.0996. The summed E-state index contributed by atoms with van der Waals surface area (Å²) in [5, 5.41) is 1.23. The molecule has 0 saturated carbocycles. The van der Waals surface area contributed by atoms with Crippen LogP contribution in [0.15, 0.2) is 66.9 Å². The van der Waals surface area contributed by atoms with Gasteiger partial charge in [-0.25, -0.2) is 0 Å². The number of alkyl halides is 1. The number of para-hydroxylation sites is 2. The second kappa shape index (κ2) is 5.51. The quantitative estimate of drug-likeness (QED) is 0.368. The van der Waals surface area contributed by atoms with Crippen molar-refractivity contribution in [3.05, 3.63) is 72.4 Å². The molecule has 3 rings (SSSR count). The number of nitrogens with zero attached hydrogens (tertiary/aromatic N) is 1. The molecule has 1 nitrogen and oxygen atoms in total. The van der Waals surface area contributed by atoms with Crippen LogP contribution in [-0.4, -0.2) is 22.5 Å². The molecule has 0 amide bonds. The van der Waals surface area contributed by atoms with Crippen LogP contribution in [0, 0.1) is 0 Å². The number of hydrogen-bond acceptors (Lipinski definition) is 0. The number of pyridine rings is 1. The van der Waals surface area contributed by atoms with Crippen LogP contribution in [0.3, 0.4) is 0 Å². The normalized spacial score (nSPS) is 12.5. The summed E-state index contributed by atoms with van der Waals surface area (Å²) in [4.78, 5) is 0. The van der Waals surface area contributed by atoms with Gasteiger partial charge in [0.1, 0.15) is 0 Å². The van der Waals surface area contributed by atoms with Crippen molar-refractivity contribution in [2.24, 2.45) is 0 Å². The third kappa shape index (κ3) is 2.49. The topological polar surface area (TPSA) is 3.88 Å². The average Bonchev–Trinajstić information content (AvgIpc) is 2.47. The predicted molar refractivity (Wildman–Crippen MR) is 79.8 cm³/mol. The van der Waals surface area contributed by atoms with Crippen LogP contribution in [0.4, 0.5) is 0 Å². The summed E-state index contributed by atoms with van der Waals surface area (Å²) in [6.45, 7) is 0. The zero-order valence-corrected chi connectivity index (χ0v) is 13.9. The minimum absolute atomic E-state index is 0.0996. The Bertz CT molecular complexity index is 710. The molecule has 0 aliphatic rings. The molecule has 1 aromatic heterocycles. The zero-order chi connectivity index (χ0) is 13.2. The first-order valence-electron chi connectivity index (χ1n) is 6.11. The number of aromatic nitrogens is 1. The van der Waals surface area contributed by atoms with E-state index >= 15 is 0 Å². The average molecular weight is 372 g/mol. The SMILES string of the molecule is Cl[CH]([Sn])c1cc[n+](-c2ccccc2)c2ccccc12. The molecule has 91 valence electrons. The Balaban J connectivity index is 2.31. The van der Waals surface area contributed by atoms with Crippen LogP contribution < -0.4 is 4.57 Å². The van der Waals surface area contributed by atoms with Gasteiger partial charge in [-0.2, -0.15) is 0 Å². The van der Waals surface area contributed by atoms with Crippen LogP contribution in [0.1, 0.15) is 8.96 Å². The van der Waals surface area contributed by atoms with Crippen molar-refractivity contribution >= 4 is 45.0 Å². The first-order valence-corrected chi connectivity index (χ1v) is 8.20. The van der Waals surface area contributed by atoms with Gasteiger partial charge in [0.2, 0.25) is 0 Å². The zero-order valence-electron chi connectivity index (χ0n) is 10.3. The Morgan fingerprint density at radius 3 is 2.32 bits per heavy atom. The summed E-state index contributed by atoms with van der Waals surface area (Å²) >= 11 is 7.63. The van der Waals surface area contributed by atoms with Gasteiger partial charge in [0.05, 0.1) is 0 Å². The molecular formula is C16H12ClNSn+. The maximum atomic E-state index is 6.31. The number of fused-ring (bicyclic) bond motifs is 1. The molecule has 0 saturated heterocycles. The summed E-state index contributed by atoms with van der Waals surface area (Å²) in [5.41, 5.74) is 3.57. The van der Waals surface area contributed by atoms with Gasteiger partial charge < -0.3 is 0 Å². The maximum absolute atomic E-state index is 6.31. The van der Waals surface area contributed by atoms with Crippen LogP contribution in [-0.2, 0) is 0 Å². The molecule has 19 heavy (non-hydrogen) atoms. The van der Waals surface area contributed by atoms with E-state index in [1.807, 2.05) is 6.07 Å². The van der Waals surface area contributed by atoms with Crippen LogP contribution >= 0.6 is 11.6 Å². The Hall–Kier alpha value is -1.06. The predicted octanol–water partition coefficient (Wildman–Crippen LogP) is 3.52. The first kappa shape index (κ1) is 12.9. The van der Waals surface area contributed by atoms with Crippen LogP contribution in [0.25, 0.3) is 16.6 Å². The van der Waals surface area contributed by atoms with E-state index < -0.39 is 0 Å². The van der Waals surface area contributed by atoms with Gasteiger partial charge in [0.15, 0.2) is 0 Å². The third-order valence-corrected chi connectivity index (χ3v) is 4.31.